The van der Waals surface area contributed by atoms with Gasteiger partial charge >= 0.3 is 11.9 Å². The first kappa shape index (κ1) is 16.1. The van der Waals surface area contributed by atoms with Gasteiger partial charge in [-0.05, 0) is 17.7 Å². The molecule has 8 heteroatoms. The number of hydrogen-bond donors (Lipinski definition) is 3. The lowest BCUT2D eigenvalue weighted by Crippen LogP contribution is -2.08. The van der Waals surface area contributed by atoms with Crippen LogP contribution in [0, 0.1) is 0 Å². The number of hydrogen-bond acceptors (Lipinski definition) is 6. The van der Waals surface area contributed by atoms with Gasteiger partial charge in [0.2, 0.25) is 0 Å². The van der Waals surface area contributed by atoms with Crippen LogP contribution < -0.4 is 9.47 Å². The van der Waals surface area contributed by atoms with E-state index in [-0.39, 0.29) is 22.8 Å². The van der Waals surface area contributed by atoms with E-state index < -0.39 is 23.3 Å². The molecule has 2 aromatic rings. The lowest BCUT2D eigenvalue weighted by atomic mass is 10.0. The zero-order chi connectivity index (χ0) is 17.1. The van der Waals surface area contributed by atoms with Gasteiger partial charge in [0, 0.05) is 12.1 Å². The summed E-state index contributed by atoms with van der Waals surface area (Å²) in [5.41, 5.74) is -0.335. The SMILES string of the molecule is COc1cc(O)cc(OC)c1-c1cc(C(=O)O)nc(C(=O)O)c1. The van der Waals surface area contributed by atoms with Gasteiger partial charge in [0.1, 0.15) is 28.6 Å². The number of phenols is 1. The van der Waals surface area contributed by atoms with Crippen LogP contribution in [0.15, 0.2) is 24.3 Å². The first-order chi connectivity index (χ1) is 10.9. The summed E-state index contributed by atoms with van der Waals surface area (Å²) in [4.78, 5) is 25.9. The zero-order valence-electron chi connectivity index (χ0n) is 12.2. The molecule has 0 spiro atoms. The van der Waals surface area contributed by atoms with E-state index >= 15 is 0 Å². The van der Waals surface area contributed by atoms with Gasteiger partial charge in [0.25, 0.3) is 0 Å². The Morgan fingerprint density at radius 3 is 1.70 bits per heavy atom. The number of nitrogens with zero attached hydrogens (tertiary/aromatic N) is 1. The van der Waals surface area contributed by atoms with Gasteiger partial charge in [-0.3, -0.25) is 0 Å². The van der Waals surface area contributed by atoms with E-state index in [2.05, 4.69) is 4.98 Å². The van der Waals surface area contributed by atoms with Crippen molar-refractivity contribution in [3.8, 4) is 28.4 Å². The van der Waals surface area contributed by atoms with E-state index in [9.17, 15) is 14.7 Å². The van der Waals surface area contributed by atoms with Crippen LogP contribution in [0.3, 0.4) is 0 Å². The first-order valence-electron chi connectivity index (χ1n) is 6.31. The summed E-state index contributed by atoms with van der Waals surface area (Å²) in [6.45, 7) is 0. The molecule has 23 heavy (non-hydrogen) atoms. The second-order valence-corrected chi connectivity index (χ2v) is 4.46. The molecule has 0 radical (unpaired) electrons. The topological polar surface area (TPSA) is 126 Å². The molecule has 0 aliphatic carbocycles. The Morgan fingerprint density at radius 2 is 1.35 bits per heavy atom. The Morgan fingerprint density at radius 1 is 0.913 bits per heavy atom. The molecule has 1 heterocycles. The average molecular weight is 319 g/mol. The fraction of sp³-hybridized carbons (Fsp3) is 0.133. The molecular weight excluding hydrogens is 306 g/mol. The van der Waals surface area contributed by atoms with Gasteiger partial charge < -0.3 is 24.8 Å². The lowest BCUT2D eigenvalue weighted by molar-refractivity contribution is 0.0685. The molecule has 0 fully saturated rings. The molecule has 0 saturated carbocycles. The highest BCUT2D eigenvalue weighted by Crippen LogP contribution is 2.41. The van der Waals surface area contributed by atoms with Crippen molar-refractivity contribution in [2.75, 3.05) is 14.2 Å². The predicted octanol–water partition coefficient (Wildman–Crippen LogP) is 1.87. The van der Waals surface area contributed by atoms with Crippen molar-refractivity contribution in [1.82, 2.24) is 4.98 Å². The van der Waals surface area contributed by atoms with Gasteiger partial charge in [0.05, 0.1) is 19.8 Å². The summed E-state index contributed by atoms with van der Waals surface area (Å²) in [7, 11) is 2.71. The first-order valence-corrected chi connectivity index (χ1v) is 6.31. The van der Waals surface area contributed by atoms with E-state index in [0.29, 0.717) is 5.56 Å². The molecule has 1 aromatic heterocycles. The number of ether oxygens (including phenoxy) is 2. The van der Waals surface area contributed by atoms with Crippen molar-refractivity contribution in [1.29, 1.82) is 0 Å². The number of carbonyl (C=O) groups is 2. The molecule has 0 aliphatic rings. The minimum Gasteiger partial charge on any atom is -0.508 e. The second kappa shape index (κ2) is 6.22. The molecule has 0 aliphatic heterocycles. The molecule has 120 valence electrons. The Bertz CT molecular complexity index is 728. The number of rotatable bonds is 5. The highest BCUT2D eigenvalue weighted by molar-refractivity contribution is 5.93. The largest absolute Gasteiger partial charge is 0.508 e. The minimum atomic E-state index is -1.37. The number of aromatic carboxylic acids is 2. The summed E-state index contributed by atoms with van der Waals surface area (Å²) in [5, 5.41) is 27.9. The van der Waals surface area contributed by atoms with Crippen molar-refractivity contribution in [3.05, 3.63) is 35.7 Å². The molecule has 0 saturated heterocycles. The number of pyridine rings is 1. The summed E-state index contributed by atoms with van der Waals surface area (Å²) in [6.07, 6.45) is 0. The van der Waals surface area contributed by atoms with Crippen LogP contribution in [0.4, 0.5) is 0 Å². The fourth-order valence-corrected chi connectivity index (χ4v) is 2.08. The standard InChI is InChI=1S/C15H13NO7/c1-22-11-5-8(17)6-12(23-2)13(11)7-3-9(14(18)19)16-10(4-7)15(20)21/h3-6,17H,1-2H3,(H,18,19)(H,20,21). The van der Waals surface area contributed by atoms with Crippen LogP contribution in [0.1, 0.15) is 21.0 Å². The minimum absolute atomic E-state index is 0.117. The Hall–Kier alpha value is -3.29. The van der Waals surface area contributed by atoms with Crippen LogP contribution in [0.25, 0.3) is 11.1 Å². The Kier molecular flexibility index (Phi) is 4.35. The molecule has 0 amide bonds. The van der Waals surface area contributed by atoms with E-state index in [1.165, 1.54) is 38.5 Å². The van der Waals surface area contributed by atoms with Crippen LogP contribution in [-0.2, 0) is 0 Å². The maximum atomic E-state index is 11.2. The highest BCUT2D eigenvalue weighted by Gasteiger charge is 2.20. The van der Waals surface area contributed by atoms with Crippen LogP contribution in [-0.4, -0.2) is 46.5 Å². The van der Waals surface area contributed by atoms with Crippen molar-refractivity contribution >= 4 is 11.9 Å². The summed E-state index contributed by atoms with van der Waals surface area (Å²) in [5.74, 6) is -2.47. The normalized spacial score (nSPS) is 10.2. The van der Waals surface area contributed by atoms with E-state index in [1.54, 1.807) is 0 Å². The third-order valence-electron chi connectivity index (χ3n) is 3.04. The lowest BCUT2D eigenvalue weighted by Gasteiger charge is -2.14. The number of carboxylic acid groups (broad SMARTS) is 2. The maximum Gasteiger partial charge on any atom is 0.354 e. The van der Waals surface area contributed by atoms with Gasteiger partial charge in [-0.25, -0.2) is 14.6 Å². The zero-order valence-corrected chi connectivity index (χ0v) is 12.2. The number of methoxy groups -OCH3 is 2. The molecule has 3 N–H and O–H groups in total. The van der Waals surface area contributed by atoms with Gasteiger partial charge in [0.15, 0.2) is 0 Å². The average Bonchev–Trinajstić information content (AvgIpc) is 2.53. The fourth-order valence-electron chi connectivity index (χ4n) is 2.08. The van der Waals surface area contributed by atoms with Gasteiger partial charge in [-0.2, -0.15) is 0 Å². The maximum absolute atomic E-state index is 11.2. The third-order valence-corrected chi connectivity index (χ3v) is 3.04. The molecule has 0 unspecified atom stereocenters. The van der Waals surface area contributed by atoms with Crippen molar-refractivity contribution in [2.45, 2.75) is 0 Å². The predicted molar refractivity (Wildman–Crippen MR) is 78.4 cm³/mol. The summed E-state index contributed by atoms with van der Waals surface area (Å²) >= 11 is 0. The highest BCUT2D eigenvalue weighted by atomic mass is 16.5. The molecule has 0 atom stereocenters. The van der Waals surface area contributed by atoms with Crippen LogP contribution in [0.5, 0.6) is 17.2 Å². The molecule has 0 bridgehead atoms. The second-order valence-electron chi connectivity index (χ2n) is 4.46. The van der Waals surface area contributed by atoms with Crippen LogP contribution >= 0.6 is 0 Å². The molecule has 8 nitrogen and oxygen atoms in total. The van der Waals surface area contributed by atoms with E-state index in [0.717, 1.165) is 0 Å². The number of aromatic hydroxyl groups is 1. The van der Waals surface area contributed by atoms with Crippen LogP contribution in [0.2, 0.25) is 0 Å². The van der Waals surface area contributed by atoms with Crippen molar-refractivity contribution < 1.29 is 34.4 Å². The number of carboxylic acids is 2. The molecular formula is C15H13NO7. The van der Waals surface area contributed by atoms with E-state index in [4.69, 9.17) is 19.7 Å². The Balaban J connectivity index is 2.80. The smallest absolute Gasteiger partial charge is 0.354 e. The molecule has 2 rings (SSSR count). The molecule has 1 aromatic carbocycles. The Labute approximate surface area is 130 Å². The summed E-state index contributed by atoms with van der Waals surface area (Å²) < 4.78 is 10.3. The monoisotopic (exact) mass is 319 g/mol. The number of aromatic nitrogens is 1. The van der Waals surface area contributed by atoms with Gasteiger partial charge in [-0.1, -0.05) is 0 Å². The van der Waals surface area contributed by atoms with Crippen molar-refractivity contribution in [3.63, 3.8) is 0 Å². The van der Waals surface area contributed by atoms with Crippen molar-refractivity contribution in [2.24, 2.45) is 0 Å². The third kappa shape index (κ3) is 3.15. The number of phenolic OH excluding ortho intramolecular Hbond substituents is 1. The number of benzene rings is 1. The van der Waals surface area contributed by atoms with E-state index in [1.807, 2.05) is 0 Å². The summed E-state index contributed by atoms with van der Waals surface area (Å²) in [6, 6.07) is 5.01. The quantitative estimate of drug-likeness (QED) is 0.762. The van der Waals surface area contributed by atoms with Gasteiger partial charge in [-0.15, -0.1) is 0 Å².